The molecule has 2 unspecified atom stereocenters. The van der Waals surface area contributed by atoms with Crippen molar-refractivity contribution < 1.29 is 0 Å². The highest BCUT2D eigenvalue weighted by molar-refractivity contribution is 5.65. The van der Waals surface area contributed by atoms with Crippen molar-refractivity contribution >= 4 is 0 Å². The molecule has 1 aliphatic carbocycles. The normalized spacial score (nSPS) is 20.4. The third-order valence-electron chi connectivity index (χ3n) is 4.05. The maximum Gasteiger partial charge on any atom is 0.0991 e. The van der Waals surface area contributed by atoms with Gasteiger partial charge in [0.05, 0.1) is 11.6 Å². The summed E-state index contributed by atoms with van der Waals surface area (Å²) in [5.74, 6) is 1.50. The summed E-state index contributed by atoms with van der Waals surface area (Å²) in [6.07, 6.45) is 1.29. The Morgan fingerprint density at radius 1 is 1.15 bits per heavy atom. The fourth-order valence-electron chi connectivity index (χ4n) is 2.83. The lowest BCUT2D eigenvalue weighted by Gasteiger charge is -2.06. The Bertz CT molecular complexity index is 637. The molecule has 0 aliphatic heterocycles. The van der Waals surface area contributed by atoms with Crippen LogP contribution >= 0.6 is 0 Å². The molecule has 0 amide bonds. The van der Waals surface area contributed by atoms with Crippen LogP contribution in [0.2, 0.25) is 0 Å². The molecule has 0 aromatic heterocycles. The summed E-state index contributed by atoms with van der Waals surface area (Å²) in [5, 5.41) is 12.1. The minimum absolute atomic E-state index is 0.709. The number of nitrogens with one attached hydrogen (secondary N) is 1. The van der Waals surface area contributed by atoms with E-state index in [0.717, 1.165) is 12.5 Å². The van der Waals surface area contributed by atoms with E-state index in [0.29, 0.717) is 11.5 Å². The predicted molar refractivity (Wildman–Crippen MR) is 81.4 cm³/mol. The van der Waals surface area contributed by atoms with Gasteiger partial charge in [0.2, 0.25) is 0 Å². The highest BCUT2D eigenvalue weighted by Crippen LogP contribution is 2.47. The second-order valence-corrected chi connectivity index (χ2v) is 5.47. The second kappa shape index (κ2) is 5.48. The van der Waals surface area contributed by atoms with Crippen LogP contribution < -0.4 is 5.32 Å². The fourth-order valence-corrected chi connectivity index (χ4v) is 2.83. The van der Waals surface area contributed by atoms with Crippen molar-refractivity contribution in [3.8, 4) is 17.2 Å². The molecule has 1 saturated carbocycles. The summed E-state index contributed by atoms with van der Waals surface area (Å²) in [7, 11) is 2.02. The lowest BCUT2D eigenvalue weighted by Crippen LogP contribution is -2.10. The van der Waals surface area contributed by atoms with Crippen molar-refractivity contribution in [2.24, 2.45) is 5.92 Å². The Morgan fingerprint density at radius 3 is 2.65 bits per heavy atom. The molecule has 2 nitrogen and oxygen atoms in total. The molecule has 20 heavy (non-hydrogen) atoms. The summed E-state index contributed by atoms with van der Waals surface area (Å²) >= 11 is 0. The first-order valence-corrected chi connectivity index (χ1v) is 7.07. The summed E-state index contributed by atoms with van der Waals surface area (Å²) in [6, 6.07) is 18.8. The molecule has 2 atom stereocenters. The molecule has 2 aromatic carbocycles. The van der Waals surface area contributed by atoms with Crippen LogP contribution in [-0.2, 0) is 0 Å². The van der Waals surface area contributed by atoms with E-state index in [1.165, 1.54) is 23.1 Å². The van der Waals surface area contributed by atoms with Crippen molar-refractivity contribution in [1.29, 1.82) is 5.26 Å². The Morgan fingerprint density at radius 2 is 1.95 bits per heavy atom. The quantitative estimate of drug-likeness (QED) is 0.914. The first kappa shape index (κ1) is 12.9. The van der Waals surface area contributed by atoms with Crippen molar-refractivity contribution in [3.63, 3.8) is 0 Å². The third kappa shape index (κ3) is 2.59. The maximum absolute atomic E-state index is 8.85. The molecule has 100 valence electrons. The first-order valence-electron chi connectivity index (χ1n) is 7.07. The van der Waals surface area contributed by atoms with Gasteiger partial charge in [-0.3, -0.25) is 0 Å². The van der Waals surface area contributed by atoms with Crippen molar-refractivity contribution in [2.45, 2.75) is 12.3 Å². The van der Waals surface area contributed by atoms with Gasteiger partial charge < -0.3 is 5.32 Å². The minimum atomic E-state index is 0.709. The molecule has 1 fully saturated rings. The van der Waals surface area contributed by atoms with E-state index >= 15 is 0 Å². The summed E-state index contributed by atoms with van der Waals surface area (Å²) in [6.45, 7) is 1.10. The van der Waals surface area contributed by atoms with Crippen LogP contribution in [0.15, 0.2) is 48.5 Å². The SMILES string of the molecule is CNCC1CC1c1cccc(-c2ccc(C#N)cc2)c1. The highest BCUT2D eigenvalue weighted by atomic mass is 14.8. The molecule has 0 heterocycles. The Labute approximate surface area is 120 Å². The number of hydrogen-bond donors (Lipinski definition) is 1. The van der Waals surface area contributed by atoms with E-state index in [-0.39, 0.29) is 0 Å². The largest absolute Gasteiger partial charge is 0.319 e. The summed E-state index contributed by atoms with van der Waals surface area (Å²) in [4.78, 5) is 0. The van der Waals surface area contributed by atoms with E-state index in [9.17, 15) is 0 Å². The zero-order chi connectivity index (χ0) is 13.9. The van der Waals surface area contributed by atoms with Crippen LogP contribution in [0.4, 0.5) is 0 Å². The van der Waals surface area contributed by atoms with E-state index < -0.39 is 0 Å². The zero-order valence-corrected chi connectivity index (χ0v) is 11.6. The molecular weight excluding hydrogens is 244 g/mol. The van der Waals surface area contributed by atoms with Gasteiger partial charge in [0, 0.05) is 0 Å². The molecule has 3 rings (SSSR count). The minimum Gasteiger partial charge on any atom is -0.319 e. The first-order chi connectivity index (χ1) is 9.81. The van der Waals surface area contributed by atoms with E-state index in [1.807, 2.05) is 31.3 Å². The van der Waals surface area contributed by atoms with Gasteiger partial charge in [0.25, 0.3) is 0 Å². The molecule has 0 radical (unpaired) electrons. The topological polar surface area (TPSA) is 35.8 Å². The number of nitrogens with zero attached hydrogens (tertiary/aromatic N) is 1. The van der Waals surface area contributed by atoms with Gasteiger partial charge in [-0.15, -0.1) is 0 Å². The van der Waals surface area contributed by atoms with Crippen molar-refractivity contribution in [2.75, 3.05) is 13.6 Å². The van der Waals surface area contributed by atoms with Gasteiger partial charge in [-0.25, -0.2) is 0 Å². The molecular formula is C18H18N2. The van der Waals surface area contributed by atoms with Crippen LogP contribution in [0.1, 0.15) is 23.5 Å². The number of rotatable bonds is 4. The summed E-state index contributed by atoms with van der Waals surface area (Å²) < 4.78 is 0. The van der Waals surface area contributed by atoms with Crippen LogP contribution in [-0.4, -0.2) is 13.6 Å². The summed E-state index contributed by atoms with van der Waals surface area (Å²) in [5.41, 5.74) is 4.56. The molecule has 1 N–H and O–H groups in total. The second-order valence-electron chi connectivity index (χ2n) is 5.47. The van der Waals surface area contributed by atoms with Crippen LogP contribution in [0.25, 0.3) is 11.1 Å². The number of benzene rings is 2. The van der Waals surface area contributed by atoms with Gasteiger partial charge in [0.15, 0.2) is 0 Å². The lowest BCUT2D eigenvalue weighted by atomic mass is 9.99. The molecule has 1 aliphatic rings. The average Bonchev–Trinajstić information content (AvgIpc) is 3.27. The Hall–Kier alpha value is -2.11. The highest BCUT2D eigenvalue weighted by Gasteiger charge is 2.37. The fraction of sp³-hybridized carbons (Fsp3) is 0.278. The Balaban J connectivity index is 1.82. The van der Waals surface area contributed by atoms with Gasteiger partial charge in [-0.05, 0) is 60.7 Å². The zero-order valence-electron chi connectivity index (χ0n) is 11.6. The molecule has 0 bridgehead atoms. The molecule has 0 spiro atoms. The third-order valence-corrected chi connectivity index (χ3v) is 4.05. The standard InChI is InChI=1S/C18H18N2/c1-20-12-17-10-18(17)16-4-2-3-15(9-16)14-7-5-13(11-19)6-8-14/h2-9,17-18,20H,10,12H2,1H3. The molecule has 2 heteroatoms. The molecule has 0 saturated heterocycles. The average molecular weight is 262 g/mol. The van der Waals surface area contributed by atoms with Crippen LogP contribution in [0.3, 0.4) is 0 Å². The Kier molecular flexibility index (Phi) is 3.54. The van der Waals surface area contributed by atoms with Gasteiger partial charge in [0.1, 0.15) is 0 Å². The van der Waals surface area contributed by atoms with E-state index in [1.54, 1.807) is 0 Å². The maximum atomic E-state index is 8.85. The van der Waals surface area contributed by atoms with Crippen LogP contribution in [0, 0.1) is 17.2 Å². The van der Waals surface area contributed by atoms with Gasteiger partial charge in [-0.1, -0.05) is 36.4 Å². The van der Waals surface area contributed by atoms with E-state index in [2.05, 4.69) is 35.7 Å². The van der Waals surface area contributed by atoms with Crippen molar-refractivity contribution in [3.05, 3.63) is 59.7 Å². The smallest absolute Gasteiger partial charge is 0.0991 e. The number of hydrogen-bond acceptors (Lipinski definition) is 2. The molecule has 2 aromatic rings. The van der Waals surface area contributed by atoms with Crippen molar-refractivity contribution in [1.82, 2.24) is 5.32 Å². The monoisotopic (exact) mass is 262 g/mol. The lowest BCUT2D eigenvalue weighted by molar-refractivity contribution is 0.698. The van der Waals surface area contributed by atoms with Crippen LogP contribution in [0.5, 0.6) is 0 Å². The predicted octanol–water partition coefficient (Wildman–Crippen LogP) is 3.55. The van der Waals surface area contributed by atoms with Gasteiger partial charge >= 0.3 is 0 Å². The van der Waals surface area contributed by atoms with Gasteiger partial charge in [-0.2, -0.15) is 5.26 Å². The van der Waals surface area contributed by atoms with E-state index in [4.69, 9.17) is 5.26 Å². The number of nitriles is 1.